The Balaban J connectivity index is 3.68. The molecule has 0 amide bonds. The Kier molecular flexibility index (Phi) is 1.09. The monoisotopic (exact) mass is 202 g/mol. The molecule has 0 aromatic heterocycles. The first kappa shape index (κ1) is 3.67. The molecule has 1 aromatic rings. The van der Waals surface area contributed by atoms with Gasteiger partial charge in [0.2, 0.25) is 0 Å². The first-order chi connectivity index (χ1) is 6.37. The van der Waals surface area contributed by atoms with Crippen LogP contribution in [0, 0.1) is 0 Å². The van der Waals surface area contributed by atoms with Crippen molar-refractivity contribution >= 4 is 21.7 Å². The van der Waals surface area contributed by atoms with Gasteiger partial charge in [-0.1, -0.05) is 28.0 Å². The summed E-state index contributed by atoms with van der Waals surface area (Å²) in [5, 5.41) is 0. The van der Waals surface area contributed by atoms with Gasteiger partial charge >= 0.3 is 0 Å². The maximum absolute atomic E-state index is 11.1. The molecular formula is C8H7BrO. The third-order valence-corrected chi connectivity index (χ3v) is 1.34. The lowest BCUT2D eigenvalue weighted by atomic mass is 10.2. The first-order valence-corrected chi connectivity index (χ1v) is 3.44. The number of ketones is 1. The molecule has 0 aliphatic rings. The predicted octanol–water partition coefficient (Wildman–Crippen LogP) is 2.65. The molecular weight excluding hydrogens is 192 g/mol. The molecule has 0 saturated heterocycles. The van der Waals surface area contributed by atoms with E-state index in [1.807, 2.05) is 0 Å². The summed E-state index contributed by atoms with van der Waals surface area (Å²) in [4.78, 5) is 11.1. The molecule has 0 saturated carbocycles. The SMILES string of the molecule is [2H]c1c([2H])c(Br)c([2H])c(C(C)=O)c1[2H]. The number of benzene rings is 1. The average Bonchev–Trinajstić information content (AvgIpc) is 2.11. The Morgan fingerprint density at radius 2 is 2.40 bits per heavy atom. The Hall–Kier alpha value is -0.630. The summed E-state index contributed by atoms with van der Waals surface area (Å²) in [6.45, 7) is 1.24. The standard InChI is InChI=1S/C8H7BrO/c1-6(10)7-3-2-4-8(9)5-7/h2-5H,1H3/i2D,3D,4D,5D. The van der Waals surface area contributed by atoms with Crippen LogP contribution in [0.2, 0.25) is 0 Å². The Labute approximate surface area is 73.8 Å². The lowest BCUT2D eigenvalue weighted by Crippen LogP contribution is -1.89. The van der Waals surface area contributed by atoms with Crippen LogP contribution < -0.4 is 0 Å². The van der Waals surface area contributed by atoms with Crippen LogP contribution in [-0.2, 0) is 0 Å². The molecule has 0 radical (unpaired) electrons. The van der Waals surface area contributed by atoms with E-state index < -0.39 is 5.78 Å². The highest BCUT2D eigenvalue weighted by molar-refractivity contribution is 9.10. The van der Waals surface area contributed by atoms with Crippen LogP contribution in [0.5, 0.6) is 0 Å². The second kappa shape index (κ2) is 2.97. The summed E-state index contributed by atoms with van der Waals surface area (Å²) in [5.74, 6) is -0.436. The van der Waals surface area contributed by atoms with E-state index in [1.54, 1.807) is 0 Å². The number of halogens is 1. The van der Waals surface area contributed by atoms with Gasteiger partial charge in [0.05, 0.1) is 5.48 Å². The van der Waals surface area contributed by atoms with E-state index in [4.69, 9.17) is 5.48 Å². The lowest BCUT2D eigenvalue weighted by molar-refractivity contribution is 0.101. The van der Waals surface area contributed by atoms with Crippen LogP contribution >= 0.6 is 15.9 Å². The van der Waals surface area contributed by atoms with Crippen LogP contribution in [-0.4, -0.2) is 5.78 Å². The van der Waals surface area contributed by atoms with Crippen molar-refractivity contribution in [3.63, 3.8) is 0 Å². The summed E-state index contributed by atoms with van der Waals surface area (Å²) in [5.41, 5.74) is -0.113. The number of Topliss-reactive ketones (excluding diaryl/α,β-unsaturated/α-hetero) is 1. The van der Waals surface area contributed by atoms with Gasteiger partial charge in [-0.05, 0) is 19.0 Å². The molecule has 1 nitrogen and oxygen atoms in total. The third-order valence-electron chi connectivity index (χ3n) is 0.947. The lowest BCUT2D eigenvalue weighted by Gasteiger charge is -1.93. The number of rotatable bonds is 1. The highest BCUT2D eigenvalue weighted by Crippen LogP contribution is 2.11. The molecule has 0 atom stereocenters. The van der Waals surface area contributed by atoms with Crippen LogP contribution in [0.1, 0.15) is 22.8 Å². The van der Waals surface area contributed by atoms with E-state index in [0.29, 0.717) is 0 Å². The first-order valence-electron chi connectivity index (χ1n) is 4.64. The second-order valence-electron chi connectivity index (χ2n) is 1.75. The summed E-state index contributed by atoms with van der Waals surface area (Å²) in [6.07, 6.45) is 0. The summed E-state index contributed by atoms with van der Waals surface area (Å²) < 4.78 is 29.8. The van der Waals surface area contributed by atoms with E-state index in [0.717, 1.165) is 0 Å². The maximum atomic E-state index is 11.1. The zero-order valence-electron chi connectivity index (χ0n) is 9.29. The molecule has 0 fully saturated rings. The number of carbonyl (C=O) groups excluding carboxylic acids is 1. The van der Waals surface area contributed by atoms with Gasteiger partial charge in [-0.3, -0.25) is 4.79 Å². The van der Waals surface area contributed by atoms with Gasteiger partial charge in [-0.15, -0.1) is 0 Å². The van der Waals surface area contributed by atoms with Crippen molar-refractivity contribution in [3.05, 3.63) is 34.2 Å². The van der Waals surface area contributed by atoms with Gasteiger partial charge in [0.25, 0.3) is 0 Å². The summed E-state index contributed by atoms with van der Waals surface area (Å²) >= 11 is 2.95. The number of carbonyl (C=O) groups is 1. The van der Waals surface area contributed by atoms with Crippen LogP contribution in [0.3, 0.4) is 0 Å². The average molecular weight is 203 g/mol. The normalized spacial score (nSPS) is 15.0. The minimum atomic E-state index is -0.436. The Morgan fingerprint density at radius 1 is 1.70 bits per heavy atom. The van der Waals surface area contributed by atoms with E-state index in [2.05, 4.69) is 15.9 Å². The molecule has 1 rings (SSSR count). The van der Waals surface area contributed by atoms with E-state index in [-0.39, 0.29) is 34.2 Å². The molecule has 0 aliphatic carbocycles. The van der Waals surface area contributed by atoms with Gasteiger partial charge in [-0.2, -0.15) is 0 Å². The van der Waals surface area contributed by atoms with Crippen LogP contribution in [0.15, 0.2) is 28.6 Å². The molecule has 0 heterocycles. The van der Waals surface area contributed by atoms with Crippen molar-refractivity contribution in [2.45, 2.75) is 6.92 Å². The summed E-state index contributed by atoms with van der Waals surface area (Å²) in [6, 6.07) is -1.11. The molecule has 0 N–H and O–H groups in total. The minimum Gasteiger partial charge on any atom is -0.295 e. The Morgan fingerprint density at radius 3 is 3.00 bits per heavy atom. The molecule has 0 aliphatic heterocycles. The molecule has 0 spiro atoms. The highest BCUT2D eigenvalue weighted by Gasteiger charge is 1.96. The smallest absolute Gasteiger partial charge is 0.159 e. The fourth-order valence-corrected chi connectivity index (χ4v) is 0.794. The fraction of sp³-hybridized carbons (Fsp3) is 0.125. The van der Waals surface area contributed by atoms with Crippen molar-refractivity contribution < 1.29 is 10.3 Å². The predicted molar refractivity (Wildman–Crippen MR) is 44.1 cm³/mol. The molecule has 0 bridgehead atoms. The minimum absolute atomic E-state index is 0.0868. The topological polar surface area (TPSA) is 17.1 Å². The van der Waals surface area contributed by atoms with E-state index in [9.17, 15) is 4.79 Å². The maximum Gasteiger partial charge on any atom is 0.159 e. The van der Waals surface area contributed by atoms with Crippen LogP contribution in [0.4, 0.5) is 0 Å². The highest BCUT2D eigenvalue weighted by atomic mass is 79.9. The van der Waals surface area contributed by atoms with Crippen molar-refractivity contribution in [1.82, 2.24) is 0 Å². The Bertz CT molecular complexity index is 387. The van der Waals surface area contributed by atoms with Crippen molar-refractivity contribution in [2.24, 2.45) is 0 Å². The van der Waals surface area contributed by atoms with Crippen molar-refractivity contribution in [2.75, 3.05) is 0 Å². The zero-order chi connectivity index (χ0) is 11.0. The summed E-state index contributed by atoms with van der Waals surface area (Å²) in [7, 11) is 0. The molecule has 10 heavy (non-hydrogen) atoms. The number of hydrogen-bond donors (Lipinski definition) is 0. The van der Waals surface area contributed by atoms with E-state index in [1.165, 1.54) is 6.92 Å². The zero-order valence-corrected chi connectivity index (χ0v) is 6.87. The number of hydrogen-bond acceptors (Lipinski definition) is 1. The third kappa shape index (κ3) is 1.67. The molecule has 0 unspecified atom stereocenters. The molecule has 1 aromatic carbocycles. The van der Waals surface area contributed by atoms with Gasteiger partial charge < -0.3 is 0 Å². The van der Waals surface area contributed by atoms with Crippen LogP contribution in [0.25, 0.3) is 0 Å². The fourth-order valence-electron chi connectivity index (χ4n) is 0.497. The van der Waals surface area contributed by atoms with Crippen molar-refractivity contribution in [1.29, 1.82) is 0 Å². The quantitative estimate of drug-likeness (QED) is 0.641. The van der Waals surface area contributed by atoms with Gasteiger partial charge in [0.15, 0.2) is 5.78 Å². The molecule has 2 heteroatoms. The second-order valence-corrected chi connectivity index (χ2v) is 2.54. The van der Waals surface area contributed by atoms with E-state index >= 15 is 0 Å². The van der Waals surface area contributed by atoms with Gasteiger partial charge in [0.1, 0.15) is 0 Å². The van der Waals surface area contributed by atoms with Gasteiger partial charge in [-0.25, -0.2) is 0 Å². The molecule has 52 valence electrons. The largest absolute Gasteiger partial charge is 0.295 e. The van der Waals surface area contributed by atoms with Crippen molar-refractivity contribution in [3.8, 4) is 0 Å². The van der Waals surface area contributed by atoms with Gasteiger partial charge in [0, 0.05) is 10.0 Å².